The van der Waals surface area contributed by atoms with Crippen molar-refractivity contribution in [1.29, 1.82) is 0 Å². The lowest BCUT2D eigenvalue weighted by Gasteiger charge is -2.12. The van der Waals surface area contributed by atoms with Gasteiger partial charge in [0, 0.05) is 6.54 Å². The molecule has 0 spiro atoms. The van der Waals surface area contributed by atoms with Crippen LogP contribution in [0.2, 0.25) is 0 Å². The van der Waals surface area contributed by atoms with Crippen LogP contribution in [0.25, 0.3) is 0 Å². The van der Waals surface area contributed by atoms with Crippen molar-refractivity contribution in [3.05, 3.63) is 26.6 Å². The van der Waals surface area contributed by atoms with Gasteiger partial charge in [-0.2, -0.15) is 0 Å². The smallest absolute Gasteiger partial charge is 0.147 e. The molecule has 0 saturated carbocycles. The van der Waals surface area contributed by atoms with Gasteiger partial charge < -0.3 is 19.9 Å². The zero-order valence-corrected chi connectivity index (χ0v) is 14.1. The Morgan fingerprint density at radius 2 is 1.84 bits per heavy atom. The first-order valence-electron chi connectivity index (χ1n) is 6.19. The lowest BCUT2D eigenvalue weighted by molar-refractivity contribution is 0.0702. The molecule has 4 nitrogen and oxygen atoms in total. The molecule has 108 valence electrons. The van der Waals surface area contributed by atoms with E-state index in [-0.39, 0.29) is 6.61 Å². The molecule has 1 aromatic rings. The highest BCUT2D eigenvalue weighted by Gasteiger charge is 2.08. The summed E-state index contributed by atoms with van der Waals surface area (Å²) in [6.45, 7) is 5.12. The fraction of sp³-hybridized carbons (Fsp3) is 0.538. The Labute approximate surface area is 130 Å². The summed E-state index contributed by atoms with van der Waals surface area (Å²) in [7, 11) is 0. The van der Waals surface area contributed by atoms with Crippen LogP contribution in [0.3, 0.4) is 0 Å². The Morgan fingerprint density at radius 1 is 1.16 bits per heavy atom. The van der Waals surface area contributed by atoms with E-state index in [1.165, 1.54) is 5.56 Å². The number of aliphatic hydroxyl groups is 1. The van der Waals surface area contributed by atoms with Crippen molar-refractivity contribution >= 4 is 31.9 Å². The van der Waals surface area contributed by atoms with Crippen molar-refractivity contribution in [3.8, 4) is 5.75 Å². The van der Waals surface area contributed by atoms with Crippen LogP contribution in [0.1, 0.15) is 12.5 Å². The average Bonchev–Trinajstić information content (AvgIpc) is 2.38. The molecule has 1 rings (SSSR count). The van der Waals surface area contributed by atoms with Crippen LogP contribution >= 0.6 is 31.9 Å². The maximum atomic E-state index is 8.59. The second-order valence-corrected chi connectivity index (χ2v) is 5.56. The van der Waals surface area contributed by atoms with Crippen LogP contribution in [-0.4, -0.2) is 38.1 Å². The molecule has 0 amide bonds. The van der Waals surface area contributed by atoms with Gasteiger partial charge in [-0.25, -0.2) is 0 Å². The van der Waals surface area contributed by atoms with E-state index in [4.69, 9.17) is 14.6 Å². The number of hydrogen-bond donors (Lipinski definition) is 2. The summed E-state index contributed by atoms with van der Waals surface area (Å²) >= 11 is 7.02. The molecule has 0 radical (unpaired) electrons. The van der Waals surface area contributed by atoms with Gasteiger partial charge in [-0.3, -0.25) is 0 Å². The van der Waals surface area contributed by atoms with Gasteiger partial charge in [0.2, 0.25) is 0 Å². The molecule has 2 N–H and O–H groups in total. The maximum absolute atomic E-state index is 8.59. The quantitative estimate of drug-likeness (QED) is 0.630. The molecule has 0 aliphatic carbocycles. The maximum Gasteiger partial charge on any atom is 0.147 e. The molecule has 19 heavy (non-hydrogen) atoms. The standard InChI is InChI=1S/C13H19Br2NO3/c1-2-16-9-10-7-11(14)13(12(15)8-10)19-6-5-18-4-3-17/h7-8,16-17H,2-6,9H2,1H3. The number of benzene rings is 1. The Bertz CT molecular complexity index is 365. The summed E-state index contributed by atoms with van der Waals surface area (Å²) in [4.78, 5) is 0. The Hall–Kier alpha value is -0.140. The van der Waals surface area contributed by atoms with Crippen molar-refractivity contribution in [2.75, 3.05) is 33.0 Å². The van der Waals surface area contributed by atoms with E-state index in [0.717, 1.165) is 27.8 Å². The van der Waals surface area contributed by atoms with E-state index in [9.17, 15) is 0 Å². The second kappa shape index (κ2) is 9.72. The van der Waals surface area contributed by atoms with Crippen molar-refractivity contribution < 1.29 is 14.6 Å². The summed E-state index contributed by atoms with van der Waals surface area (Å²) < 4.78 is 12.6. The minimum Gasteiger partial charge on any atom is -0.489 e. The molecule has 0 aromatic heterocycles. The van der Waals surface area contributed by atoms with E-state index in [2.05, 4.69) is 44.1 Å². The molecule has 0 heterocycles. The van der Waals surface area contributed by atoms with Gasteiger partial charge in [0.15, 0.2) is 0 Å². The topological polar surface area (TPSA) is 50.7 Å². The fourth-order valence-electron chi connectivity index (χ4n) is 1.49. The Morgan fingerprint density at radius 3 is 2.42 bits per heavy atom. The molecule has 0 aliphatic rings. The molecule has 0 saturated heterocycles. The van der Waals surface area contributed by atoms with E-state index in [1.807, 2.05) is 12.1 Å². The van der Waals surface area contributed by atoms with E-state index in [1.54, 1.807) is 0 Å². The second-order valence-electron chi connectivity index (χ2n) is 3.85. The SMILES string of the molecule is CCNCc1cc(Br)c(OCCOCCO)c(Br)c1. The van der Waals surface area contributed by atoms with Gasteiger partial charge in [0.05, 0.1) is 28.8 Å². The number of halogens is 2. The molecular formula is C13H19Br2NO3. The van der Waals surface area contributed by atoms with Crippen molar-refractivity contribution in [3.63, 3.8) is 0 Å². The van der Waals surface area contributed by atoms with Gasteiger partial charge in [0.1, 0.15) is 12.4 Å². The van der Waals surface area contributed by atoms with Crippen molar-refractivity contribution in [1.82, 2.24) is 5.32 Å². The Kier molecular flexibility index (Phi) is 8.65. The van der Waals surface area contributed by atoms with Gasteiger partial charge >= 0.3 is 0 Å². The third-order valence-corrected chi connectivity index (χ3v) is 3.52. The minimum atomic E-state index is 0.0342. The van der Waals surface area contributed by atoms with Crippen LogP contribution in [0.4, 0.5) is 0 Å². The monoisotopic (exact) mass is 395 g/mol. The number of aliphatic hydroxyl groups excluding tert-OH is 1. The normalized spacial score (nSPS) is 10.7. The van der Waals surface area contributed by atoms with Gasteiger partial charge in [-0.15, -0.1) is 0 Å². The number of ether oxygens (including phenoxy) is 2. The lowest BCUT2D eigenvalue weighted by Crippen LogP contribution is -2.12. The molecular weight excluding hydrogens is 378 g/mol. The Balaban J connectivity index is 2.53. The molecule has 0 unspecified atom stereocenters. The molecule has 0 aliphatic heterocycles. The van der Waals surface area contributed by atoms with Gasteiger partial charge in [0.25, 0.3) is 0 Å². The van der Waals surface area contributed by atoms with E-state index in [0.29, 0.717) is 19.8 Å². The lowest BCUT2D eigenvalue weighted by atomic mass is 10.2. The van der Waals surface area contributed by atoms with E-state index < -0.39 is 0 Å². The number of rotatable bonds is 9. The number of hydrogen-bond acceptors (Lipinski definition) is 4. The highest BCUT2D eigenvalue weighted by atomic mass is 79.9. The molecule has 6 heteroatoms. The summed E-state index contributed by atoms with van der Waals surface area (Å²) in [6.07, 6.45) is 0. The molecule has 0 atom stereocenters. The van der Waals surface area contributed by atoms with Crippen LogP contribution in [0.15, 0.2) is 21.1 Å². The van der Waals surface area contributed by atoms with Crippen LogP contribution in [0.5, 0.6) is 5.75 Å². The third kappa shape index (κ3) is 6.23. The fourth-order valence-corrected chi connectivity index (χ4v) is 3.00. The largest absolute Gasteiger partial charge is 0.489 e. The third-order valence-electron chi connectivity index (χ3n) is 2.35. The van der Waals surface area contributed by atoms with Gasteiger partial charge in [-0.1, -0.05) is 6.92 Å². The zero-order valence-electron chi connectivity index (χ0n) is 10.9. The predicted octanol–water partition coefficient (Wildman–Crippen LogP) is 2.71. The molecule has 0 fully saturated rings. The number of nitrogens with one attached hydrogen (secondary N) is 1. The van der Waals surface area contributed by atoms with Crippen LogP contribution < -0.4 is 10.1 Å². The predicted molar refractivity (Wildman–Crippen MR) is 82.6 cm³/mol. The average molecular weight is 397 g/mol. The van der Waals surface area contributed by atoms with Crippen molar-refractivity contribution in [2.45, 2.75) is 13.5 Å². The zero-order chi connectivity index (χ0) is 14.1. The summed E-state index contributed by atoms with van der Waals surface area (Å²) in [6, 6.07) is 4.08. The highest BCUT2D eigenvalue weighted by molar-refractivity contribution is 9.11. The first kappa shape index (κ1) is 16.9. The summed E-state index contributed by atoms with van der Waals surface area (Å²) in [5.41, 5.74) is 1.18. The van der Waals surface area contributed by atoms with Crippen LogP contribution in [0, 0.1) is 0 Å². The van der Waals surface area contributed by atoms with Crippen molar-refractivity contribution in [2.24, 2.45) is 0 Å². The summed E-state index contributed by atoms with van der Waals surface area (Å²) in [5.74, 6) is 0.771. The highest BCUT2D eigenvalue weighted by Crippen LogP contribution is 2.34. The first-order valence-corrected chi connectivity index (χ1v) is 7.77. The summed E-state index contributed by atoms with van der Waals surface area (Å²) in [5, 5.41) is 11.9. The first-order chi connectivity index (χ1) is 9.19. The molecule has 0 bridgehead atoms. The molecule has 1 aromatic carbocycles. The van der Waals surface area contributed by atoms with Crippen LogP contribution in [-0.2, 0) is 11.3 Å². The van der Waals surface area contributed by atoms with E-state index >= 15 is 0 Å². The van der Waals surface area contributed by atoms with Gasteiger partial charge in [-0.05, 0) is 56.1 Å². The minimum absolute atomic E-state index is 0.0342.